The molecule has 1 amide bonds. The van der Waals surface area contributed by atoms with E-state index < -0.39 is 5.91 Å². The van der Waals surface area contributed by atoms with E-state index in [9.17, 15) is 4.79 Å². The Hall–Kier alpha value is -2.28. The van der Waals surface area contributed by atoms with Crippen LogP contribution < -0.4 is 14.9 Å². The first-order valence-electron chi connectivity index (χ1n) is 5.94. The Morgan fingerprint density at radius 1 is 1.38 bits per heavy atom. The molecule has 6 nitrogen and oxygen atoms in total. The first-order valence-corrected chi connectivity index (χ1v) is 6.73. The smallest absolute Gasteiger partial charge is 0.307 e. The van der Waals surface area contributed by atoms with Crippen molar-refractivity contribution in [2.24, 2.45) is 5.10 Å². The number of nitrogens with zero attached hydrogens (tertiary/aromatic N) is 1. The molecule has 1 aromatic heterocycles. The molecule has 0 fully saturated rings. The molecule has 1 heterocycles. The van der Waals surface area contributed by atoms with Gasteiger partial charge >= 0.3 is 5.91 Å². The highest BCUT2D eigenvalue weighted by Crippen LogP contribution is 2.35. The largest absolute Gasteiger partial charge is 0.493 e. The van der Waals surface area contributed by atoms with Crippen molar-refractivity contribution in [1.29, 1.82) is 0 Å². The summed E-state index contributed by atoms with van der Waals surface area (Å²) < 4.78 is 16.1. The number of carbonyl (C=O) groups excluding carboxylic acids is 1. The van der Waals surface area contributed by atoms with E-state index in [4.69, 9.17) is 13.9 Å². The van der Waals surface area contributed by atoms with E-state index in [1.807, 2.05) is 0 Å². The van der Waals surface area contributed by atoms with E-state index in [2.05, 4.69) is 26.5 Å². The minimum absolute atomic E-state index is 0.195. The predicted octanol–water partition coefficient (Wildman–Crippen LogP) is 2.82. The van der Waals surface area contributed by atoms with Crippen LogP contribution in [0.1, 0.15) is 16.1 Å². The van der Waals surface area contributed by atoms with Gasteiger partial charge < -0.3 is 13.9 Å². The van der Waals surface area contributed by atoms with Crippen LogP contribution in [-0.2, 0) is 0 Å². The maximum Gasteiger partial charge on any atom is 0.307 e. The summed E-state index contributed by atoms with van der Waals surface area (Å²) in [6.45, 7) is 0. The van der Waals surface area contributed by atoms with Crippen molar-refractivity contribution in [2.75, 3.05) is 14.2 Å². The minimum Gasteiger partial charge on any atom is -0.493 e. The molecule has 0 spiro atoms. The summed E-state index contributed by atoms with van der Waals surface area (Å²) in [4.78, 5) is 11.6. The first-order chi connectivity index (χ1) is 10.2. The van der Waals surface area contributed by atoms with Gasteiger partial charge in [-0.1, -0.05) is 0 Å². The lowest BCUT2D eigenvalue weighted by Crippen LogP contribution is -2.16. The van der Waals surface area contributed by atoms with E-state index in [1.54, 1.807) is 38.5 Å². The Balaban J connectivity index is 2.11. The van der Waals surface area contributed by atoms with Gasteiger partial charge in [-0.2, -0.15) is 5.10 Å². The van der Waals surface area contributed by atoms with Gasteiger partial charge in [-0.05, 0) is 45.8 Å². The molecular formula is C14H13BrN2O4. The standard InChI is InChI=1S/C14H13BrN2O4/c1-19-12-7-9(6-10(15)13(12)20-2)8-16-17-14(18)11-4-3-5-21-11/h3-8H,1-2H3,(H,17,18)/b16-8+. The number of amides is 1. The zero-order chi connectivity index (χ0) is 15.2. The van der Waals surface area contributed by atoms with Gasteiger partial charge in [-0.15, -0.1) is 0 Å². The van der Waals surface area contributed by atoms with E-state index in [1.165, 1.54) is 12.5 Å². The molecule has 0 aliphatic carbocycles. The Morgan fingerprint density at radius 2 is 2.19 bits per heavy atom. The van der Waals surface area contributed by atoms with Crippen LogP contribution in [0.3, 0.4) is 0 Å². The number of benzene rings is 1. The average Bonchev–Trinajstić information content (AvgIpc) is 3.00. The molecule has 21 heavy (non-hydrogen) atoms. The van der Waals surface area contributed by atoms with Gasteiger partial charge in [0.15, 0.2) is 17.3 Å². The van der Waals surface area contributed by atoms with Crippen LogP contribution in [0.4, 0.5) is 0 Å². The van der Waals surface area contributed by atoms with Gasteiger partial charge in [0.1, 0.15) is 0 Å². The quantitative estimate of drug-likeness (QED) is 0.663. The molecule has 2 aromatic rings. The van der Waals surface area contributed by atoms with E-state index in [0.29, 0.717) is 11.5 Å². The van der Waals surface area contributed by atoms with Crippen LogP contribution in [0, 0.1) is 0 Å². The normalized spacial score (nSPS) is 10.6. The van der Waals surface area contributed by atoms with Crippen molar-refractivity contribution in [3.63, 3.8) is 0 Å². The van der Waals surface area contributed by atoms with E-state index in [0.717, 1.165) is 10.0 Å². The highest BCUT2D eigenvalue weighted by Gasteiger charge is 2.10. The summed E-state index contributed by atoms with van der Waals surface area (Å²) in [7, 11) is 3.10. The molecule has 1 N–H and O–H groups in total. The zero-order valence-corrected chi connectivity index (χ0v) is 13.0. The van der Waals surface area contributed by atoms with Crippen LogP contribution in [0.15, 0.2) is 44.5 Å². The molecule has 110 valence electrons. The summed E-state index contributed by atoms with van der Waals surface area (Å²) in [5.74, 6) is 0.927. The van der Waals surface area contributed by atoms with Gasteiger partial charge in [0.05, 0.1) is 31.2 Å². The number of nitrogens with one attached hydrogen (secondary N) is 1. The van der Waals surface area contributed by atoms with Gasteiger partial charge in [0, 0.05) is 0 Å². The van der Waals surface area contributed by atoms with E-state index >= 15 is 0 Å². The fourth-order valence-corrected chi connectivity index (χ4v) is 2.26. The Morgan fingerprint density at radius 3 is 2.81 bits per heavy atom. The monoisotopic (exact) mass is 352 g/mol. The van der Waals surface area contributed by atoms with Gasteiger partial charge in [-0.3, -0.25) is 4.79 Å². The van der Waals surface area contributed by atoms with Gasteiger partial charge in [0.2, 0.25) is 0 Å². The molecule has 0 aliphatic rings. The predicted molar refractivity (Wildman–Crippen MR) is 81.0 cm³/mol. The number of ether oxygens (including phenoxy) is 2. The highest BCUT2D eigenvalue weighted by atomic mass is 79.9. The molecule has 0 unspecified atom stereocenters. The summed E-state index contributed by atoms with van der Waals surface area (Å²) >= 11 is 3.38. The summed E-state index contributed by atoms with van der Waals surface area (Å²) in [6.07, 6.45) is 2.91. The molecular weight excluding hydrogens is 340 g/mol. The zero-order valence-electron chi connectivity index (χ0n) is 11.4. The number of hydrogen-bond donors (Lipinski definition) is 1. The second kappa shape index (κ2) is 6.94. The van der Waals surface area contributed by atoms with Gasteiger partial charge in [0.25, 0.3) is 0 Å². The number of halogens is 1. The third-order valence-electron chi connectivity index (χ3n) is 2.58. The van der Waals surface area contributed by atoms with Gasteiger partial charge in [-0.25, -0.2) is 5.43 Å². The third-order valence-corrected chi connectivity index (χ3v) is 3.17. The number of methoxy groups -OCH3 is 2. The van der Waals surface area contributed by atoms with Crippen LogP contribution in [-0.4, -0.2) is 26.3 Å². The average molecular weight is 353 g/mol. The number of hydrazone groups is 1. The minimum atomic E-state index is -0.421. The van der Waals surface area contributed by atoms with Crippen LogP contribution in [0.25, 0.3) is 0 Å². The number of hydrogen-bond acceptors (Lipinski definition) is 5. The fourth-order valence-electron chi connectivity index (χ4n) is 1.64. The number of furan rings is 1. The molecule has 0 saturated heterocycles. The molecule has 0 bridgehead atoms. The number of carbonyl (C=O) groups is 1. The van der Waals surface area contributed by atoms with Crippen molar-refractivity contribution in [3.8, 4) is 11.5 Å². The Bertz CT molecular complexity index is 653. The topological polar surface area (TPSA) is 73.1 Å². The summed E-state index contributed by atoms with van der Waals surface area (Å²) in [6, 6.07) is 6.72. The third kappa shape index (κ3) is 3.63. The first kappa shape index (κ1) is 15.1. The lowest BCUT2D eigenvalue weighted by atomic mass is 10.2. The van der Waals surface area contributed by atoms with Crippen molar-refractivity contribution in [3.05, 3.63) is 46.3 Å². The fraction of sp³-hybridized carbons (Fsp3) is 0.143. The highest BCUT2D eigenvalue weighted by molar-refractivity contribution is 9.10. The summed E-state index contributed by atoms with van der Waals surface area (Å²) in [5, 5.41) is 3.87. The molecule has 0 saturated carbocycles. The maximum absolute atomic E-state index is 11.6. The molecule has 2 rings (SSSR count). The van der Waals surface area contributed by atoms with Crippen molar-refractivity contribution >= 4 is 28.1 Å². The summed E-state index contributed by atoms with van der Waals surface area (Å²) in [5.41, 5.74) is 3.10. The second-order valence-corrected chi connectivity index (χ2v) is 4.77. The van der Waals surface area contributed by atoms with Crippen LogP contribution in [0.5, 0.6) is 11.5 Å². The lowest BCUT2D eigenvalue weighted by Gasteiger charge is -2.10. The molecule has 0 radical (unpaired) electrons. The van der Waals surface area contributed by atoms with E-state index in [-0.39, 0.29) is 5.76 Å². The van der Waals surface area contributed by atoms with Crippen molar-refractivity contribution in [2.45, 2.75) is 0 Å². The molecule has 1 aromatic carbocycles. The second-order valence-electron chi connectivity index (χ2n) is 3.91. The van der Waals surface area contributed by atoms with Crippen LogP contribution >= 0.6 is 15.9 Å². The van der Waals surface area contributed by atoms with Crippen molar-refractivity contribution in [1.82, 2.24) is 5.43 Å². The SMILES string of the molecule is COc1cc(/C=N/NC(=O)c2ccco2)cc(Br)c1OC. The molecule has 0 atom stereocenters. The maximum atomic E-state index is 11.6. The van der Waals surface area contributed by atoms with Crippen molar-refractivity contribution < 1.29 is 18.7 Å². The molecule has 0 aliphatic heterocycles. The lowest BCUT2D eigenvalue weighted by molar-refractivity contribution is 0.0927. The number of rotatable bonds is 5. The molecule has 7 heteroatoms. The Labute approximate surface area is 129 Å². The Kier molecular flexibility index (Phi) is 4.99. The van der Waals surface area contributed by atoms with Crippen LogP contribution in [0.2, 0.25) is 0 Å².